The number of ether oxygens (including phenoxy) is 1. The number of benzene rings is 2. The highest BCUT2D eigenvalue weighted by atomic mass is 32.2. The summed E-state index contributed by atoms with van der Waals surface area (Å²) in [7, 11) is 0. The fraction of sp³-hybridized carbons (Fsp3) is 0.393. The molecule has 0 radical (unpaired) electrons. The van der Waals surface area contributed by atoms with Crippen molar-refractivity contribution >= 4 is 41.4 Å². The van der Waals surface area contributed by atoms with Crippen molar-refractivity contribution in [3.8, 4) is 0 Å². The summed E-state index contributed by atoms with van der Waals surface area (Å²) in [5, 5.41) is 14.5. The lowest BCUT2D eigenvalue weighted by molar-refractivity contribution is -0.150. The van der Waals surface area contributed by atoms with Gasteiger partial charge in [0.15, 0.2) is 0 Å². The predicted molar refractivity (Wildman–Crippen MR) is 146 cm³/mol. The molecule has 3 N–H and O–H groups in total. The van der Waals surface area contributed by atoms with Crippen LogP contribution >= 0.6 is 11.8 Å². The first-order valence-electron chi connectivity index (χ1n) is 12.7. The van der Waals surface area contributed by atoms with E-state index in [1.54, 1.807) is 30.3 Å². The third-order valence-electron chi connectivity index (χ3n) is 6.56. The monoisotopic (exact) mass is 555 g/mol. The third kappa shape index (κ3) is 8.31. The highest BCUT2D eigenvalue weighted by Gasteiger charge is 2.41. The maximum absolute atomic E-state index is 13.6. The minimum Gasteiger partial charge on any atom is -0.475 e. The molecule has 1 fully saturated rings. The number of hydrogen-bond acceptors (Lipinski definition) is 7. The number of nitrogens with one attached hydrogen (secondary N) is 2. The number of Topliss-reactive ketones (excluding diaryl/α,β-unsaturated/α-hetero) is 1. The van der Waals surface area contributed by atoms with Crippen LogP contribution < -0.4 is 10.6 Å². The Balaban J connectivity index is 1.70. The molecule has 0 spiro atoms. The van der Waals surface area contributed by atoms with Crippen LogP contribution in [0.4, 0.5) is 4.79 Å². The number of carbonyl (C=O) groups excluding carboxylic acids is 4. The van der Waals surface area contributed by atoms with Gasteiger partial charge in [0.1, 0.15) is 24.7 Å². The van der Waals surface area contributed by atoms with Gasteiger partial charge in [0.05, 0.1) is 5.88 Å². The fourth-order valence-corrected chi connectivity index (χ4v) is 5.27. The highest BCUT2D eigenvalue weighted by molar-refractivity contribution is 7.99. The molecule has 1 saturated heterocycles. The van der Waals surface area contributed by atoms with E-state index < -0.39 is 47.8 Å². The van der Waals surface area contributed by atoms with Crippen LogP contribution in [0.2, 0.25) is 0 Å². The standard InChI is InChI=1S/C28H33N3O7S/c1-3-18(2)23(30-28(37)38-15-20-12-8-5-9-13-20)26(34)31-17-39-16-22(31)25(33)29-21(24(32)27(35)36)14-19-10-6-4-7-11-19/h4-13,18,21-23H,3,14-17H2,1-2H3,(H,29,33)(H,30,37)(H,35,36)/t18?,21-,22-,23-/m0/s1. The number of carboxylic acid groups (broad SMARTS) is 1. The lowest BCUT2D eigenvalue weighted by Gasteiger charge is -2.31. The molecule has 2 aromatic carbocycles. The second-order valence-corrected chi connectivity index (χ2v) is 10.3. The van der Waals surface area contributed by atoms with Crippen molar-refractivity contribution in [2.24, 2.45) is 5.92 Å². The molecule has 208 valence electrons. The zero-order valence-corrected chi connectivity index (χ0v) is 22.7. The van der Waals surface area contributed by atoms with E-state index in [-0.39, 0.29) is 30.6 Å². The second kappa shape index (κ2) is 14.3. The van der Waals surface area contributed by atoms with E-state index in [9.17, 15) is 29.1 Å². The maximum Gasteiger partial charge on any atom is 0.408 e. The van der Waals surface area contributed by atoms with Crippen molar-refractivity contribution in [3.05, 3.63) is 71.8 Å². The molecule has 1 aliphatic rings. The average molecular weight is 556 g/mol. The maximum atomic E-state index is 13.6. The molecule has 1 unspecified atom stereocenters. The molecule has 0 saturated carbocycles. The molecule has 2 aromatic rings. The van der Waals surface area contributed by atoms with Crippen LogP contribution in [0.1, 0.15) is 31.4 Å². The van der Waals surface area contributed by atoms with Gasteiger partial charge < -0.3 is 25.4 Å². The number of nitrogens with zero attached hydrogens (tertiary/aromatic N) is 1. The van der Waals surface area contributed by atoms with Crippen LogP contribution in [0.15, 0.2) is 60.7 Å². The first-order chi connectivity index (χ1) is 18.7. The zero-order valence-electron chi connectivity index (χ0n) is 21.9. The van der Waals surface area contributed by atoms with E-state index >= 15 is 0 Å². The van der Waals surface area contributed by atoms with Crippen LogP contribution in [0.5, 0.6) is 0 Å². The Kier molecular flexibility index (Phi) is 10.9. The summed E-state index contributed by atoms with van der Waals surface area (Å²) < 4.78 is 5.30. The van der Waals surface area contributed by atoms with Gasteiger partial charge in [0.2, 0.25) is 11.8 Å². The Morgan fingerprint density at radius 3 is 2.21 bits per heavy atom. The number of rotatable bonds is 12. The van der Waals surface area contributed by atoms with E-state index in [1.807, 2.05) is 44.2 Å². The van der Waals surface area contributed by atoms with Crippen molar-refractivity contribution < 1.29 is 33.8 Å². The Hall–Kier alpha value is -3.86. The molecule has 0 aliphatic carbocycles. The lowest BCUT2D eigenvalue weighted by Crippen LogP contribution is -2.58. The SMILES string of the molecule is CCC(C)[C@H](NC(=O)OCc1ccccc1)C(=O)N1CSC[C@H]1C(=O)N[C@@H](Cc1ccccc1)C(=O)C(=O)O. The molecular formula is C28H33N3O7S. The molecule has 0 bridgehead atoms. The normalized spacial score (nSPS) is 17.0. The summed E-state index contributed by atoms with van der Waals surface area (Å²) in [6, 6.07) is 14.7. The summed E-state index contributed by atoms with van der Waals surface area (Å²) in [4.78, 5) is 64.6. The van der Waals surface area contributed by atoms with Crippen LogP contribution in [0.25, 0.3) is 0 Å². The molecule has 1 aliphatic heterocycles. The van der Waals surface area contributed by atoms with Crippen molar-refractivity contribution in [1.29, 1.82) is 0 Å². The van der Waals surface area contributed by atoms with Crippen molar-refractivity contribution in [2.45, 2.75) is 51.4 Å². The zero-order chi connectivity index (χ0) is 28.4. The van der Waals surface area contributed by atoms with Gasteiger partial charge in [-0.1, -0.05) is 80.9 Å². The van der Waals surface area contributed by atoms with Gasteiger partial charge in [-0.3, -0.25) is 14.4 Å². The number of aliphatic carboxylic acids is 1. The highest BCUT2D eigenvalue weighted by Crippen LogP contribution is 2.24. The van der Waals surface area contributed by atoms with Gasteiger partial charge in [0, 0.05) is 12.2 Å². The first-order valence-corrected chi connectivity index (χ1v) is 13.8. The largest absolute Gasteiger partial charge is 0.475 e. The molecular weight excluding hydrogens is 522 g/mol. The van der Waals surface area contributed by atoms with Gasteiger partial charge in [0.25, 0.3) is 5.78 Å². The summed E-state index contributed by atoms with van der Waals surface area (Å²) in [6.07, 6.45) is -0.171. The predicted octanol–water partition coefficient (Wildman–Crippen LogP) is 2.61. The van der Waals surface area contributed by atoms with Gasteiger partial charge in [-0.15, -0.1) is 11.8 Å². The molecule has 3 amide bonds. The van der Waals surface area contributed by atoms with E-state index in [1.165, 1.54) is 16.7 Å². The quantitative estimate of drug-likeness (QED) is 0.339. The van der Waals surface area contributed by atoms with Crippen molar-refractivity contribution in [1.82, 2.24) is 15.5 Å². The Morgan fingerprint density at radius 2 is 1.62 bits per heavy atom. The average Bonchev–Trinajstić information content (AvgIpc) is 3.44. The third-order valence-corrected chi connectivity index (χ3v) is 7.57. The number of carbonyl (C=O) groups is 5. The summed E-state index contributed by atoms with van der Waals surface area (Å²) in [5.74, 6) is -3.65. The van der Waals surface area contributed by atoms with Gasteiger partial charge in [-0.05, 0) is 17.0 Å². The van der Waals surface area contributed by atoms with E-state index in [0.717, 1.165) is 5.56 Å². The van der Waals surface area contributed by atoms with E-state index in [0.29, 0.717) is 12.0 Å². The van der Waals surface area contributed by atoms with Crippen LogP contribution in [0, 0.1) is 5.92 Å². The minimum atomic E-state index is -1.65. The topological polar surface area (TPSA) is 142 Å². The second-order valence-electron chi connectivity index (χ2n) is 9.31. The number of carboxylic acids is 1. The molecule has 3 rings (SSSR count). The Morgan fingerprint density at radius 1 is 1.00 bits per heavy atom. The number of thioether (sulfide) groups is 1. The van der Waals surface area contributed by atoms with Crippen LogP contribution in [0.3, 0.4) is 0 Å². The number of amides is 3. The Bertz CT molecular complexity index is 1160. The van der Waals surface area contributed by atoms with E-state index in [4.69, 9.17) is 4.74 Å². The molecule has 39 heavy (non-hydrogen) atoms. The summed E-state index contributed by atoms with van der Waals surface area (Å²) in [5.41, 5.74) is 1.48. The van der Waals surface area contributed by atoms with Crippen molar-refractivity contribution in [2.75, 3.05) is 11.6 Å². The molecule has 10 nitrogen and oxygen atoms in total. The summed E-state index contributed by atoms with van der Waals surface area (Å²) in [6.45, 7) is 3.75. The van der Waals surface area contributed by atoms with Crippen LogP contribution in [-0.2, 0) is 36.9 Å². The van der Waals surface area contributed by atoms with Gasteiger partial charge in [-0.25, -0.2) is 9.59 Å². The number of alkyl carbamates (subject to hydrolysis) is 1. The minimum absolute atomic E-state index is 0.00414. The van der Waals surface area contributed by atoms with Crippen molar-refractivity contribution in [3.63, 3.8) is 0 Å². The lowest BCUT2D eigenvalue weighted by atomic mass is 9.97. The number of ketones is 1. The molecule has 11 heteroatoms. The van der Waals surface area contributed by atoms with Gasteiger partial charge >= 0.3 is 12.1 Å². The smallest absolute Gasteiger partial charge is 0.408 e. The molecule has 1 heterocycles. The van der Waals surface area contributed by atoms with Crippen LogP contribution in [-0.4, -0.2) is 69.4 Å². The van der Waals surface area contributed by atoms with Gasteiger partial charge in [-0.2, -0.15) is 0 Å². The van der Waals surface area contributed by atoms with E-state index in [2.05, 4.69) is 10.6 Å². The fourth-order valence-electron chi connectivity index (χ4n) is 4.11. The summed E-state index contributed by atoms with van der Waals surface area (Å²) >= 11 is 1.35. The first kappa shape index (κ1) is 29.7. The molecule has 4 atom stereocenters. The Labute approximate surface area is 231 Å². The molecule has 0 aromatic heterocycles. The number of hydrogen-bond donors (Lipinski definition) is 3.